The molecule has 7 heteroatoms. The maximum atomic E-state index is 12.8. The van der Waals surface area contributed by atoms with Gasteiger partial charge in [0.2, 0.25) is 5.88 Å². The zero-order chi connectivity index (χ0) is 20.5. The number of hydrogen-bond donors (Lipinski definition) is 3. The van der Waals surface area contributed by atoms with E-state index in [9.17, 15) is 14.7 Å². The van der Waals surface area contributed by atoms with Crippen LogP contribution in [0.3, 0.4) is 0 Å². The molecule has 2 aromatic heterocycles. The molecule has 1 aliphatic rings. The van der Waals surface area contributed by atoms with E-state index in [1.165, 1.54) is 10.1 Å². The largest absolute Gasteiger partial charge is 0.494 e. The Bertz CT molecular complexity index is 1140. The summed E-state index contributed by atoms with van der Waals surface area (Å²) in [5.41, 5.74) is 2.25. The van der Waals surface area contributed by atoms with Crippen LogP contribution in [-0.2, 0) is 13.0 Å². The van der Waals surface area contributed by atoms with Crippen LogP contribution in [0.2, 0.25) is 0 Å². The Hall–Kier alpha value is -2.80. The molecule has 0 radical (unpaired) electrons. The fraction of sp³-hybridized carbons (Fsp3) is 0.455. The van der Waals surface area contributed by atoms with Gasteiger partial charge in [0.05, 0.1) is 6.04 Å². The third-order valence-electron chi connectivity index (χ3n) is 5.99. The van der Waals surface area contributed by atoms with E-state index in [0.29, 0.717) is 6.54 Å². The lowest BCUT2D eigenvalue weighted by molar-refractivity contribution is 0.249. The van der Waals surface area contributed by atoms with Crippen molar-refractivity contribution in [1.29, 1.82) is 0 Å². The van der Waals surface area contributed by atoms with Gasteiger partial charge in [0.25, 0.3) is 5.56 Å². The van der Waals surface area contributed by atoms with Gasteiger partial charge in [-0.05, 0) is 31.5 Å². The number of rotatable bonds is 6. The highest BCUT2D eigenvalue weighted by Gasteiger charge is 2.34. The summed E-state index contributed by atoms with van der Waals surface area (Å²) in [6.07, 6.45) is 4.79. The van der Waals surface area contributed by atoms with Gasteiger partial charge in [-0.25, -0.2) is 4.79 Å². The van der Waals surface area contributed by atoms with Crippen LogP contribution in [0.1, 0.15) is 55.5 Å². The van der Waals surface area contributed by atoms with Gasteiger partial charge in [0, 0.05) is 29.7 Å². The van der Waals surface area contributed by atoms with Gasteiger partial charge in [0.1, 0.15) is 5.56 Å². The van der Waals surface area contributed by atoms with Gasteiger partial charge in [-0.2, -0.15) is 0 Å². The molecule has 0 aliphatic carbocycles. The number of aromatic amines is 2. The molecular weight excluding hydrogens is 368 g/mol. The van der Waals surface area contributed by atoms with Gasteiger partial charge in [-0.15, -0.1) is 0 Å². The van der Waals surface area contributed by atoms with Crippen molar-refractivity contribution in [1.82, 2.24) is 19.4 Å². The molecule has 0 fully saturated rings. The number of para-hydroxylation sites is 1. The molecule has 0 spiro atoms. The lowest BCUT2D eigenvalue weighted by atomic mass is 9.94. The molecular formula is C22H28N4O3. The van der Waals surface area contributed by atoms with Gasteiger partial charge < -0.3 is 10.1 Å². The molecule has 0 bridgehead atoms. The van der Waals surface area contributed by atoms with Crippen LogP contribution in [0.4, 0.5) is 0 Å². The van der Waals surface area contributed by atoms with Crippen molar-refractivity contribution in [3.8, 4) is 5.88 Å². The Balaban J connectivity index is 1.82. The predicted molar refractivity (Wildman–Crippen MR) is 114 cm³/mol. The topological polar surface area (TPSA) is 94.1 Å². The molecule has 0 saturated heterocycles. The van der Waals surface area contributed by atoms with E-state index < -0.39 is 17.3 Å². The summed E-state index contributed by atoms with van der Waals surface area (Å²) in [5.74, 6) is -0.224. The second-order valence-electron chi connectivity index (χ2n) is 7.90. The van der Waals surface area contributed by atoms with E-state index in [-0.39, 0.29) is 11.4 Å². The number of aromatic nitrogens is 3. The number of nitrogens with zero attached hydrogens (tertiary/aromatic N) is 2. The first-order chi connectivity index (χ1) is 14.0. The highest BCUT2D eigenvalue weighted by Crippen LogP contribution is 2.38. The number of nitrogens with one attached hydrogen (secondary N) is 2. The van der Waals surface area contributed by atoms with Crippen molar-refractivity contribution < 1.29 is 5.11 Å². The Morgan fingerprint density at radius 2 is 1.93 bits per heavy atom. The first kappa shape index (κ1) is 19.5. The van der Waals surface area contributed by atoms with Gasteiger partial charge in [0.15, 0.2) is 0 Å². The maximum Gasteiger partial charge on any atom is 0.331 e. The Morgan fingerprint density at radius 3 is 2.72 bits per heavy atom. The molecule has 1 atom stereocenters. The average Bonchev–Trinajstić information content (AvgIpc) is 3.07. The van der Waals surface area contributed by atoms with Gasteiger partial charge >= 0.3 is 5.69 Å². The molecule has 1 aromatic carbocycles. The molecule has 0 unspecified atom stereocenters. The number of unbranched alkanes of at least 4 members (excludes halogenated alkanes) is 3. The smallest absolute Gasteiger partial charge is 0.331 e. The predicted octanol–water partition coefficient (Wildman–Crippen LogP) is 2.88. The number of aromatic hydroxyl groups is 1. The third-order valence-corrected chi connectivity index (χ3v) is 5.99. The molecule has 29 heavy (non-hydrogen) atoms. The molecule has 154 valence electrons. The molecule has 3 N–H and O–H groups in total. The standard InChI is InChI=1S/C22H28N4O3/c1-3-4-5-8-12-26-21(28)17(20(27)24-22(26)29)19-18-15(11-13-25(19)2)14-9-6-7-10-16(14)23-18/h6-7,9-10,19,23,28H,3-5,8,11-13H2,1-2H3,(H,24,27,29)/t19-/m0/s1. The number of H-pyrrole nitrogens is 2. The molecule has 4 rings (SSSR count). The normalized spacial score (nSPS) is 17.0. The van der Waals surface area contributed by atoms with E-state index in [0.717, 1.165) is 55.2 Å². The minimum Gasteiger partial charge on any atom is -0.494 e. The van der Waals surface area contributed by atoms with Crippen molar-refractivity contribution in [3.63, 3.8) is 0 Å². The van der Waals surface area contributed by atoms with Crippen molar-refractivity contribution in [2.75, 3.05) is 13.6 Å². The molecule has 1 aliphatic heterocycles. The van der Waals surface area contributed by atoms with Crippen LogP contribution in [0.25, 0.3) is 10.9 Å². The van der Waals surface area contributed by atoms with E-state index in [2.05, 4.69) is 23.0 Å². The Labute approximate surface area is 169 Å². The molecule has 0 amide bonds. The second kappa shape index (κ2) is 7.91. The minimum atomic E-state index is -0.553. The molecule has 3 heterocycles. The summed E-state index contributed by atoms with van der Waals surface area (Å²) >= 11 is 0. The number of fused-ring (bicyclic) bond motifs is 3. The van der Waals surface area contributed by atoms with Crippen LogP contribution >= 0.6 is 0 Å². The summed E-state index contributed by atoms with van der Waals surface area (Å²) in [6, 6.07) is 7.64. The van der Waals surface area contributed by atoms with Crippen LogP contribution < -0.4 is 11.2 Å². The van der Waals surface area contributed by atoms with E-state index in [1.807, 2.05) is 30.1 Å². The summed E-state index contributed by atoms with van der Waals surface area (Å²) in [7, 11) is 1.94. The van der Waals surface area contributed by atoms with Crippen molar-refractivity contribution in [2.24, 2.45) is 0 Å². The zero-order valence-electron chi connectivity index (χ0n) is 17.0. The van der Waals surface area contributed by atoms with E-state index >= 15 is 0 Å². The SMILES string of the molecule is CCCCCCn1c(O)c([C@H]2c3[nH]c4ccccc4c3CCN2C)c(=O)[nH]c1=O. The highest BCUT2D eigenvalue weighted by atomic mass is 16.3. The highest BCUT2D eigenvalue weighted by molar-refractivity contribution is 5.85. The van der Waals surface area contributed by atoms with Crippen molar-refractivity contribution in [3.05, 3.63) is 61.9 Å². The number of hydrogen-bond acceptors (Lipinski definition) is 4. The van der Waals surface area contributed by atoms with Crippen LogP contribution in [0.5, 0.6) is 5.88 Å². The van der Waals surface area contributed by atoms with E-state index in [1.54, 1.807) is 0 Å². The summed E-state index contributed by atoms with van der Waals surface area (Å²) in [4.78, 5) is 33.1. The summed E-state index contributed by atoms with van der Waals surface area (Å²) < 4.78 is 1.30. The minimum absolute atomic E-state index is 0.224. The van der Waals surface area contributed by atoms with E-state index in [4.69, 9.17) is 0 Å². The Morgan fingerprint density at radius 1 is 1.14 bits per heavy atom. The first-order valence-electron chi connectivity index (χ1n) is 10.4. The lowest BCUT2D eigenvalue weighted by Gasteiger charge is -2.33. The quantitative estimate of drug-likeness (QED) is 0.559. The first-order valence-corrected chi connectivity index (χ1v) is 10.4. The Kier molecular flexibility index (Phi) is 5.32. The lowest BCUT2D eigenvalue weighted by Crippen LogP contribution is -2.40. The third kappa shape index (κ3) is 3.40. The summed E-state index contributed by atoms with van der Waals surface area (Å²) in [6.45, 7) is 3.27. The van der Waals surface area contributed by atoms with Gasteiger partial charge in [-0.1, -0.05) is 44.4 Å². The second-order valence-corrected chi connectivity index (χ2v) is 7.90. The van der Waals surface area contributed by atoms with Crippen LogP contribution in [-0.4, -0.2) is 38.1 Å². The zero-order valence-corrected chi connectivity index (χ0v) is 17.0. The fourth-order valence-corrected chi connectivity index (χ4v) is 4.45. The molecule has 0 saturated carbocycles. The number of likely N-dealkylation sites (N-methyl/N-ethyl adjacent to an activating group) is 1. The van der Waals surface area contributed by atoms with Crippen LogP contribution in [0, 0.1) is 0 Å². The number of benzene rings is 1. The average molecular weight is 396 g/mol. The maximum absolute atomic E-state index is 12.8. The van der Waals surface area contributed by atoms with Gasteiger partial charge in [-0.3, -0.25) is 19.2 Å². The van der Waals surface area contributed by atoms with Crippen LogP contribution in [0.15, 0.2) is 33.9 Å². The molecule has 3 aromatic rings. The monoisotopic (exact) mass is 396 g/mol. The van der Waals surface area contributed by atoms with Crippen molar-refractivity contribution in [2.45, 2.75) is 51.6 Å². The molecule has 7 nitrogen and oxygen atoms in total. The fourth-order valence-electron chi connectivity index (χ4n) is 4.45. The summed E-state index contributed by atoms with van der Waals surface area (Å²) in [5, 5.41) is 12.1. The van der Waals surface area contributed by atoms with Crippen molar-refractivity contribution >= 4 is 10.9 Å².